The Hall–Kier alpha value is -0.650. The Morgan fingerprint density at radius 2 is 2.17 bits per heavy atom. The van der Waals surface area contributed by atoms with Crippen molar-refractivity contribution in [2.45, 2.75) is 25.7 Å². The van der Waals surface area contributed by atoms with Gasteiger partial charge in [0.15, 0.2) is 0 Å². The molecule has 1 aliphatic rings. The molecule has 0 unspecified atom stereocenters. The van der Waals surface area contributed by atoms with Crippen LogP contribution in [0.1, 0.15) is 30.0 Å². The Labute approximate surface area is 119 Å². The van der Waals surface area contributed by atoms with Crippen molar-refractivity contribution in [3.8, 4) is 10.6 Å². The van der Waals surface area contributed by atoms with Crippen molar-refractivity contribution in [2.75, 3.05) is 13.1 Å². The van der Waals surface area contributed by atoms with Gasteiger partial charge in [0.2, 0.25) is 0 Å². The highest BCUT2D eigenvalue weighted by Gasteiger charge is 2.21. The van der Waals surface area contributed by atoms with Crippen LogP contribution in [0.5, 0.6) is 0 Å². The first kappa shape index (κ1) is 12.4. The zero-order valence-electron chi connectivity index (χ0n) is 10.3. The third kappa shape index (κ3) is 2.27. The van der Waals surface area contributed by atoms with E-state index >= 15 is 0 Å². The number of aromatic amines is 1. The molecule has 18 heavy (non-hydrogen) atoms. The average Bonchev–Trinajstić information content (AvgIpc) is 2.97. The maximum Gasteiger partial charge on any atom is 0.105 e. The number of nitrogens with zero attached hydrogens (tertiary/aromatic N) is 1. The Morgan fingerprint density at radius 3 is 2.83 bits per heavy atom. The first-order valence-electron chi connectivity index (χ1n) is 6.25. The second kappa shape index (κ2) is 5.15. The van der Waals surface area contributed by atoms with Crippen molar-refractivity contribution in [2.24, 2.45) is 0 Å². The van der Waals surface area contributed by atoms with E-state index in [2.05, 4.69) is 49.8 Å². The molecule has 2 N–H and O–H groups in total. The highest BCUT2D eigenvalue weighted by molar-refractivity contribution is 9.10. The first-order chi connectivity index (χ1) is 8.75. The molecule has 96 valence electrons. The fourth-order valence-corrected chi connectivity index (χ4v) is 4.07. The van der Waals surface area contributed by atoms with Crippen LogP contribution in [0.3, 0.4) is 0 Å². The lowest BCUT2D eigenvalue weighted by molar-refractivity contribution is 0.451. The molecule has 5 heteroatoms. The molecule has 0 aromatic carbocycles. The summed E-state index contributed by atoms with van der Waals surface area (Å²) < 4.78 is 1.13. The molecule has 0 saturated carbocycles. The van der Waals surface area contributed by atoms with Crippen LogP contribution in [-0.4, -0.2) is 23.3 Å². The van der Waals surface area contributed by atoms with E-state index in [1.54, 1.807) is 11.3 Å². The van der Waals surface area contributed by atoms with Gasteiger partial charge in [0, 0.05) is 21.5 Å². The van der Waals surface area contributed by atoms with E-state index in [4.69, 9.17) is 0 Å². The quantitative estimate of drug-likeness (QED) is 0.884. The number of hydrogen-bond donors (Lipinski definition) is 2. The summed E-state index contributed by atoms with van der Waals surface area (Å²) in [4.78, 5) is 1.23. The number of rotatable bonds is 2. The van der Waals surface area contributed by atoms with Crippen molar-refractivity contribution in [1.29, 1.82) is 0 Å². The molecule has 0 amide bonds. The Morgan fingerprint density at radius 1 is 1.39 bits per heavy atom. The second-order valence-electron chi connectivity index (χ2n) is 4.76. The van der Waals surface area contributed by atoms with Crippen molar-refractivity contribution in [3.05, 3.63) is 27.2 Å². The molecule has 1 fully saturated rings. The Kier molecular flexibility index (Phi) is 3.54. The zero-order valence-corrected chi connectivity index (χ0v) is 12.7. The highest BCUT2D eigenvalue weighted by atomic mass is 79.9. The SMILES string of the molecule is Cc1c(-c2cc(Br)cs2)n[nH]c1C1CCNCC1. The molecule has 1 saturated heterocycles. The summed E-state index contributed by atoms with van der Waals surface area (Å²) in [6, 6.07) is 2.14. The van der Waals surface area contributed by atoms with Crippen LogP contribution in [0.15, 0.2) is 15.9 Å². The first-order valence-corrected chi connectivity index (χ1v) is 7.93. The predicted molar refractivity (Wildman–Crippen MR) is 79.2 cm³/mol. The van der Waals surface area contributed by atoms with Crippen molar-refractivity contribution >= 4 is 27.3 Å². The van der Waals surface area contributed by atoms with E-state index in [9.17, 15) is 0 Å². The van der Waals surface area contributed by atoms with E-state index in [1.165, 1.54) is 29.0 Å². The normalized spacial score (nSPS) is 17.2. The van der Waals surface area contributed by atoms with E-state index in [1.807, 2.05) is 0 Å². The summed E-state index contributed by atoms with van der Waals surface area (Å²) in [5.41, 5.74) is 3.76. The van der Waals surface area contributed by atoms with Gasteiger partial charge >= 0.3 is 0 Å². The molecule has 3 rings (SSSR count). The van der Waals surface area contributed by atoms with Gasteiger partial charge in [0.05, 0.1) is 4.88 Å². The number of aromatic nitrogens is 2. The van der Waals surface area contributed by atoms with Crippen molar-refractivity contribution in [1.82, 2.24) is 15.5 Å². The number of nitrogens with one attached hydrogen (secondary N) is 2. The number of hydrogen-bond acceptors (Lipinski definition) is 3. The maximum absolute atomic E-state index is 4.52. The van der Waals surface area contributed by atoms with Gasteiger partial charge in [-0.15, -0.1) is 11.3 Å². The van der Waals surface area contributed by atoms with Gasteiger partial charge < -0.3 is 5.32 Å². The molecule has 1 aliphatic heterocycles. The van der Waals surface area contributed by atoms with Gasteiger partial charge in [-0.25, -0.2) is 0 Å². The van der Waals surface area contributed by atoms with Crippen LogP contribution in [0.2, 0.25) is 0 Å². The van der Waals surface area contributed by atoms with Crippen molar-refractivity contribution < 1.29 is 0 Å². The molecule has 0 radical (unpaired) electrons. The van der Waals surface area contributed by atoms with Gasteiger partial charge in [-0.1, -0.05) is 0 Å². The lowest BCUT2D eigenvalue weighted by Crippen LogP contribution is -2.27. The fraction of sp³-hybridized carbons (Fsp3) is 0.462. The van der Waals surface area contributed by atoms with Gasteiger partial charge in [0.1, 0.15) is 5.69 Å². The molecular weight excluding hydrogens is 310 g/mol. The van der Waals surface area contributed by atoms with Crippen LogP contribution in [0, 0.1) is 6.92 Å². The maximum atomic E-state index is 4.52. The number of H-pyrrole nitrogens is 1. The summed E-state index contributed by atoms with van der Waals surface area (Å²) in [6.07, 6.45) is 2.41. The molecule has 2 aromatic heterocycles. The number of piperidine rings is 1. The molecule has 0 atom stereocenters. The van der Waals surface area contributed by atoms with Gasteiger partial charge in [-0.2, -0.15) is 5.10 Å². The van der Waals surface area contributed by atoms with E-state index in [0.717, 1.165) is 23.3 Å². The minimum atomic E-state index is 0.635. The summed E-state index contributed by atoms with van der Waals surface area (Å²) in [6.45, 7) is 4.41. The topological polar surface area (TPSA) is 40.7 Å². The van der Waals surface area contributed by atoms with E-state index in [-0.39, 0.29) is 0 Å². The smallest absolute Gasteiger partial charge is 0.105 e. The summed E-state index contributed by atoms with van der Waals surface area (Å²) in [5, 5.41) is 13.3. The van der Waals surface area contributed by atoms with Crippen LogP contribution in [0.25, 0.3) is 10.6 Å². The third-order valence-corrected chi connectivity index (χ3v) is 5.29. The van der Waals surface area contributed by atoms with E-state index < -0.39 is 0 Å². The molecule has 2 aromatic rings. The molecule has 0 aliphatic carbocycles. The standard InChI is InChI=1S/C13H16BrN3S/c1-8-12(9-2-4-15-5-3-9)16-17-13(8)11-6-10(14)7-18-11/h6-7,9,15H,2-5H2,1H3,(H,16,17). The summed E-state index contributed by atoms with van der Waals surface area (Å²) in [5.74, 6) is 0.635. The van der Waals surface area contributed by atoms with Gasteiger partial charge in [-0.05, 0) is 60.4 Å². The average molecular weight is 326 g/mol. The third-order valence-electron chi connectivity index (χ3n) is 3.60. The van der Waals surface area contributed by atoms with Gasteiger partial charge in [0.25, 0.3) is 0 Å². The van der Waals surface area contributed by atoms with Crippen LogP contribution >= 0.6 is 27.3 Å². The lowest BCUT2D eigenvalue weighted by atomic mass is 9.92. The minimum Gasteiger partial charge on any atom is -0.317 e. The molecular formula is C13H16BrN3S. The van der Waals surface area contributed by atoms with Crippen LogP contribution < -0.4 is 5.32 Å². The molecule has 3 nitrogen and oxygen atoms in total. The number of halogens is 1. The highest BCUT2D eigenvalue weighted by Crippen LogP contribution is 2.35. The van der Waals surface area contributed by atoms with Crippen molar-refractivity contribution in [3.63, 3.8) is 0 Å². The van der Waals surface area contributed by atoms with Crippen LogP contribution in [0.4, 0.5) is 0 Å². The largest absolute Gasteiger partial charge is 0.317 e. The minimum absolute atomic E-state index is 0.635. The number of thiophene rings is 1. The summed E-state index contributed by atoms with van der Waals surface area (Å²) >= 11 is 5.24. The zero-order chi connectivity index (χ0) is 12.5. The Balaban J connectivity index is 1.92. The summed E-state index contributed by atoms with van der Waals surface area (Å²) in [7, 11) is 0. The lowest BCUT2D eigenvalue weighted by Gasteiger charge is -2.22. The monoisotopic (exact) mass is 325 g/mol. The Bertz CT molecular complexity index is 540. The second-order valence-corrected chi connectivity index (χ2v) is 6.59. The van der Waals surface area contributed by atoms with E-state index in [0.29, 0.717) is 5.92 Å². The van der Waals surface area contributed by atoms with Gasteiger partial charge in [-0.3, -0.25) is 5.10 Å². The predicted octanol–water partition coefficient (Wildman–Crippen LogP) is 3.68. The van der Waals surface area contributed by atoms with Crippen LogP contribution in [-0.2, 0) is 0 Å². The fourth-order valence-electron chi connectivity index (χ4n) is 2.60. The molecule has 0 bridgehead atoms. The molecule has 3 heterocycles. The molecule has 0 spiro atoms.